The lowest BCUT2D eigenvalue weighted by Gasteiger charge is -2.22. The quantitative estimate of drug-likeness (QED) is 0.542. The highest BCUT2D eigenvalue weighted by Crippen LogP contribution is 2.35. The molecule has 0 saturated carbocycles. The Labute approximate surface area is 88.7 Å². The van der Waals surface area contributed by atoms with Crippen molar-refractivity contribution in [1.82, 2.24) is 0 Å². The zero-order chi connectivity index (χ0) is 10.3. The molecule has 1 aliphatic rings. The van der Waals surface area contributed by atoms with Crippen LogP contribution in [0.3, 0.4) is 0 Å². The molecule has 0 atom stereocenters. The van der Waals surface area contributed by atoms with Crippen LogP contribution in [-0.4, -0.2) is 0 Å². The van der Waals surface area contributed by atoms with Gasteiger partial charge in [-0.3, -0.25) is 0 Å². The lowest BCUT2D eigenvalue weighted by atomic mass is 9.96. The van der Waals surface area contributed by atoms with Gasteiger partial charge in [-0.25, -0.2) is 0 Å². The van der Waals surface area contributed by atoms with Gasteiger partial charge in [0.15, 0.2) is 0 Å². The van der Waals surface area contributed by atoms with Crippen LogP contribution in [0.25, 0.3) is 0 Å². The third-order valence-corrected chi connectivity index (χ3v) is 2.87. The van der Waals surface area contributed by atoms with Crippen LogP contribution < -0.4 is 11.1 Å². The fraction of sp³-hybridized carbons (Fsp3) is 0.0769. The third kappa shape index (κ3) is 1.26. The molecule has 0 unspecified atom stereocenters. The van der Waals surface area contributed by atoms with Gasteiger partial charge in [0.25, 0.3) is 0 Å². The second-order valence-electron chi connectivity index (χ2n) is 3.83. The summed E-state index contributed by atoms with van der Waals surface area (Å²) in [7, 11) is 0. The highest BCUT2D eigenvalue weighted by molar-refractivity contribution is 5.76. The average Bonchev–Trinajstić information content (AvgIpc) is 2.27. The van der Waals surface area contributed by atoms with E-state index in [2.05, 4.69) is 29.6 Å². The molecule has 15 heavy (non-hydrogen) atoms. The Morgan fingerprint density at radius 3 is 2.67 bits per heavy atom. The van der Waals surface area contributed by atoms with E-state index in [1.54, 1.807) is 0 Å². The van der Waals surface area contributed by atoms with Crippen molar-refractivity contribution in [3.05, 3.63) is 53.6 Å². The molecule has 2 nitrogen and oxygen atoms in total. The third-order valence-electron chi connectivity index (χ3n) is 2.87. The maximum Gasteiger partial charge on any atom is 0.0441 e. The number of benzene rings is 2. The Hall–Kier alpha value is -1.96. The molecule has 2 aromatic carbocycles. The number of anilines is 3. The summed E-state index contributed by atoms with van der Waals surface area (Å²) in [4.78, 5) is 0. The predicted molar refractivity (Wildman–Crippen MR) is 63.4 cm³/mol. The summed E-state index contributed by atoms with van der Waals surface area (Å²) in [6.07, 6.45) is 0.922. The van der Waals surface area contributed by atoms with Gasteiger partial charge in [0, 0.05) is 29.0 Å². The van der Waals surface area contributed by atoms with Gasteiger partial charge in [-0.2, -0.15) is 0 Å². The molecular weight excluding hydrogens is 184 g/mol. The van der Waals surface area contributed by atoms with E-state index in [9.17, 15) is 0 Å². The van der Waals surface area contributed by atoms with E-state index in [4.69, 9.17) is 5.73 Å². The van der Waals surface area contributed by atoms with Crippen LogP contribution in [0.15, 0.2) is 42.5 Å². The number of nitrogens with two attached hydrogens (primary N) is 1. The van der Waals surface area contributed by atoms with E-state index in [1.165, 1.54) is 16.8 Å². The van der Waals surface area contributed by atoms with Crippen molar-refractivity contribution < 1.29 is 0 Å². The molecule has 1 heterocycles. The number of hydrogen-bond donors (Lipinski definition) is 2. The first-order valence-electron chi connectivity index (χ1n) is 5.07. The summed E-state index contributed by atoms with van der Waals surface area (Å²) >= 11 is 0. The highest BCUT2D eigenvalue weighted by atomic mass is 14.9. The first-order chi connectivity index (χ1) is 7.34. The number of para-hydroxylation sites is 1. The van der Waals surface area contributed by atoms with Crippen LogP contribution in [0.5, 0.6) is 0 Å². The van der Waals surface area contributed by atoms with E-state index >= 15 is 0 Å². The summed E-state index contributed by atoms with van der Waals surface area (Å²) in [6.45, 7) is 0. The highest BCUT2D eigenvalue weighted by Gasteiger charge is 2.15. The number of nitrogens with one attached hydrogen (secondary N) is 1. The Kier molecular flexibility index (Phi) is 1.68. The number of nitrogen functional groups attached to an aromatic ring is 1. The molecule has 0 amide bonds. The number of fused-ring (bicyclic) bond motifs is 2. The standard InChI is InChI=1S/C13H12N2/c14-11-5-3-7-13-10(11)8-9-4-1-2-6-12(9)15-13/h1-7,15H,8,14H2. The van der Waals surface area contributed by atoms with Gasteiger partial charge in [0.1, 0.15) is 0 Å². The van der Waals surface area contributed by atoms with Crippen LogP contribution in [0, 0.1) is 0 Å². The van der Waals surface area contributed by atoms with Gasteiger partial charge in [0.05, 0.1) is 0 Å². The molecule has 0 spiro atoms. The van der Waals surface area contributed by atoms with E-state index < -0.39 is 0 Å². The van der Waals surface area contributed by atoms with Gasteiger partial charge in [-0.15, -0.1) is 0 Å². The van der Waals surface area contributed by atoms with Crippen molar-refractivity contribution in [3.8, 4) is 0 Å². The van der Waals surface area contributed by atoms with Gasteiger partial charge in [0.2, 0.25) is 0 Å². The summed E-state index contributed by atoms with van der Waals surface area (Å²) in [5.41, 5.74) is 11.7. The van der Waals surface area contributed by atoms with Crippen LogP contribution in [-0.2, 0) is 6.42 Å². The van der Waals surface area contributed by atoms with Gasteiger partial charge in [-0.1, -0.05) is 24.3 Å². The van der Waals surface area contributed by atoms with E-state index in [-0.39, 0.29) is 0 Å². The van der Waals surface area contributed by atoms with Gasteiger partial charge >= 0.3 is 0 Å². The molecule has 74 valence electrons. The zero-order valence-electron chi connectivity index (χ0n) is 8.33. The van der Waals surface area contributed by atoms with Crippen LogP contribution in [0.1, 0.15) is 11.1 Å². The topological polar surface area (TPSA) is 38.0 Å². The first kappa shape index (κ1) is 8.36. The molecule has 2 heteroatoms. The minimum Gasteiger partial charge on any atom is -0.398 e. The number of rotatable bonds is 0. The maximum absolute atomic E-state index is 5.96. The summed E-state index contributed by atoms with van der Waals surface area (Å²) < 4.78 is 0. The summed E-state index contributed by atoms with van der Waals surface area (Å²) in [6, 6.07) is 14.3. The molecule has 0 radical (unpaired) electrons. The molecule has 0 fully saturated rings. The van der Waals surface area contributed by atoms with Crippen molar-refractivity contribution in [3.63, 3.8) is 0 Å². The van der Waals surface area contributed by atoms with Crippen LogP contribution in [0.2, 0.25) is 0 Å². The normalized spacial score (nSPS) is 12.5. The molecule has 0 aliphatic carbocycles. The summed E-state index contributed by atoms with van der Waals surface area (Å²) in [5.74, 6) is 0. The molecule has 0 aromatic heterocycles. The molecule has 0 saturated heterocycles. The van der Waals surface area contributed by atoms with Crippen molar-refractivity contribution in [2.45, 2.75) is 6.42 Å². The molecule has 1 aliphatic heterocycles. The minimum atomic E-state index is 0.870. The van der Waals surface area contributed by atoms with Gasteiger partial charge < -0.3 is 11.1 Å². The maximum atomic E-state index is 5.96. The lowest BCUT2D eigenvalue weighted by Crippen LogP contribution is -2.08. The number of hydrogen-bond acceptors (Lipinski definition) is 2. The predicted octanol–water partition coefficient (Wildman–Crippen LogP) is 2.92. The minimum absolute atomic E-state index is 0.870. The Bertz CT molecular complexity index is 518. The fourth-order valence-corrected chi connectivity index (χ4v) is 2.05. The van der Waals surface area contributed by atoms with Crippen molar-refractivity contribution in [2.24, 2.45) is 0 Å². The van der Waals surface area contributed by atoms with Gasteiger partial charge in [-0.05, 0) is 23.8 Å². The van der Waals surface area contributed by atoms with Crippen molar-refractivity contribution in [1.29, 1.82) is 0 Å². The van der Waals surface area contributed by atoms with Crippen LogP contribution in [0.4, 0.5) is 17.1 Å². The zero-order valence-corrected chi connectivity index (χ0v) is 8.33. The lowest BCUT2D eigenvalue weighted by molar-refractivity contribution is 1.16. The Morgan fingerprint density at radius 2 is 1.73 bits per heavy atom. The largest absolute Gasteiger partial charge is 0.398 e. The van der Waals surface area contributed by atoms with E-state index in [0.717, 1.165) is 17.8 Å². The first-order valence-corrected chi connectivity index (χ1v) is 5.07. The van der Waals surface area contributed by atoms with Crippen molar-refractivity contribution >= 4 is 17.1 Å². The Balaban J connectivity index is 2.15. The Morgan fingerprint density at radius 1 is 0.933 bits per heavy atom. The molecule has 2 aromatic rings. The molecular formula is C13H12N2. The van der Waals surface area contributed by atoms with Crippen molar-refractivity contribution in [2.75, 3.05) is 11.1 Å². The average molecular weight is 196 g/mol. The second-order valence-corrected chi connectivity index (χ2v) is 3.83. The van der Waals surface area contributed by atoms with E-state index in [0.29, 0.717) is 0 Å². The smallest absolute Gasteiger partial charge is 0.0441 e. The SMILES string of the molecule is Nc1cccc2c1Cc1ccccc1N2. The molecule has 3 rings (SSSR count). The molecule has 3 N–H and O–H groups in total. The molecule has 0 bridgehead atoms. The van der Waals surface area contributed by atoms with Crippen LogP contribution >= 0.6 is 0 Å². The second kappa shape index (κ2) is 3.02. The fourth-order valence-electron chi connectivity index (χ4n) is 2.05. The van der Waals surface area contributed by atoms with E-state index in [1.807, 2.05) is 18.2 Å². The summed E-state index contributed by atoms with van der Waals surface area (Å²) in [5, 5.41) is 3.40. The monoisotopic (exact) mass is 196 g/mol.